The molecule has 0 aliphatic heterocycles. The zero-order valence-corrected chi connectivity index (χ0v) is 17.0. The van der Waals surface area contributed by atoms with Crippen molar-refractivity contribution in [3.63, 3.8) is 0 Å². The number of hydrogen-bond donors (Lipinski definition) is 2. The number of alkyl halides is 1. The maximum Gasteiger partial charge on any atom is 0.351 e. The Hall–Kier alpha value is -4.08. The second-order valence-electron chi connectivity index (χ2n) is 6.98. The molecule has 0 spiro atoms. The molecule has 3 aromatic heterocycles. The van der Waals surface area contributed by atoms with Crippen molar-refractivity contribution in [3.05, 3.63) is 66.1 Å². The Labute approximate surface area is 177 Å². The number of aryl methyl sites for hydroxylation is 1. The number of hydrogen-bond acceptors (Lipinski definition) is 4. The number of carbonyl (C=O) groups excluding carboxylic acids is 2. The van der Waals surface area contributed by atoms with Crippen molar-refractivity contribution < 1.29 is 18.5 Å². The summed E-state index contributed by atoms with van der Waals surface area (Å²) < 4.78 is 15.7. The number of aromatic nitrogens is 5. The number of pyridine rings is 1. The Balaban J connectivity index is 1.59. The number of carbonyl (C=O) groups is 2. The van der Waals surface area contributed by atoms with E-state index in [1.807, 2.05) is 30.3 Å². The van der Waals surface area contributed by atoms with Gasteiger partial charge in [-0.05, 0) is 17.1 Å². The predicted octanol–water partition coefficient (Wildman–Crippen LogP) is 1.84. The maximum atomic E-state index is 12.9. The molecule has 2 N–H and O–H groups in total. The first kappa shape index (κ1) is 20.2. The van der Waals surface area contributed by atoms with E-state index in [0.717, 1.165) is 5.56 Å². The van der Waals surface area contributed by atoms with Crippen molar-refractivity contribution in [1.29, 1.82) is 0 Å². The third-order valence-electron chi connectivity index (χ3n) is 4.84. The molecule has 0 aliphatic carbocycles. The summed E-state index contributed by atoms with van der Waals surface area (Å²) in [6, 6.07) is 13.1. The van der Waals surface area contributed by atoms with Gasteiger partial charge in [-0.2, -0.15) is 10.2 Å². The van der Waals surface area contributed by atoms with Crippen LogP contribution in [0.2, 0.25) is 0 Å². The van der Waals surface area contributed by atoms with Gasteiger partial charge in [-0.15, -0.1) is 4.52 Å². The van der Waals surface area contributed by atoms with Gasteiger partial charge in [-0.25, -0.2) is 4.39 Å². The highest BCUT2D eigenvalue weighted by atomic mass is 19.1. The molecule has 0 saturated heterocycles. The lowest BCUT2D eigenvalue weighted by Crippen LogP contribution is -2.31. The molecular formula is C21H21FN7O2+. The molecule has 9 nitrogen and oxygen atoms in total. The first-order valence-electron chi connectivity index (χ1n) is 9.59. The van der Waals surface area contributed by atoms with Crippen LogP contribution in [0.25, 0.3) is 17.0 Å². The fourth-order valence-electron chi connectivity index (χ4n) is 3.21. The fraction of sp³-hybridized carbons (Fsp3) is 0.190. The van der Waals surface area contributed by atoms with E-state index < -0.39 is 18.5 Å². The summed E-state index contributed by atoms with van der Waals surface area (Å²) in [5.41, 5.74) is 2.26. The molecule has 0 fully saturated rings. The van der Waals surface area contributed by atoms with E-state index in [4.69, 9.17) is 0 Å². The highest BCUT2D eigenvalue weighted by Gasteiger charge is 2.25. The number of nitrogens with one attached hydrogen (secondary N) is 2. The van der Waals surface area contributed by atoms with E-state index in [2.05, 4.69) is 20.5 Å². The molecule has 158 valence electrons. The average molecular weight is 422 g/mol. The summed E-state index contributed by atoms with van der Waals surface area (Å²) in [6.07, 6.45) is 3.06. The maximum absolute atomic E-state index is 12.9. The molecule has 4 rings (SSSR count). The van der Waals surface area contributed by atoms with Gasteiger partial charge in [0.1, 0.15) is 18.6 Å². The third-order valence-corrected chi connectivity index (χ3v) is 4.84. The lowest BCUT2D eigenvalue weighted by atomic mass is 10.2. The first-order valence-corrected chi connectivity index (χ1v) is 9.59. The van der Waals surface area contributed by atoms with Gasteiger partial charge in [-0.3, -0.25) is 14.3 Å². The topological polar surface area (TPSA) is 100 Å². The van der Waals surface area contributed by atoms with Gasteiger partial charge in [0.25, 0.3) is 17.6 Å². The minimum absolute atomic E-state index is 0.0639. The molecule has 0 unspecified atom stereocenters. The molecule has 0 saturated carbocycles. The van der Waals surface area contributed by atoms with Crippen LogP contribution in [-0.2, 0) is 7.05 Å². The molecule has 31 heavy (non-hydrogen) atoms. The highest BCUT2D eigenvalue weighted by Crippen LogP contribution is 2.17. The zero-order valence-electron chi connectivity index (χ0n) is 17.0. The number of amides is 2. The van der Waals surface area contributed by atoms with E-state index in [-0.39, 0.29) is 17.8 Å². The third kappa shape index (κ3) is 4.00. The summed E-state index contributed by atoms with van der Waals surface area (Å²) in [7, 11) is 3.05. The first-order chi connectivity index (χ1) is 15.0. The molecule has 3 heterocycles. The number of fused-ring (bicyclic) bond motifs is 1. The zero-order chi connectivity index (χ0) is 22.0. The van der Waals surface area contributed by atoms with Crippen LogP contribution in [-0.4, -0.2) is 56.8 Å². The summed E-state index contributed by atoms with van der Waals surface area (Å²) in [6.45, 7) is -0.734. The number of H-pyrrole nitrogens is 1. The monoisotopic (exact) mass is 422 g/mol. The van der Waals surface area contributed by atoms with Crippen LogP contribution in [0.3, 0.4) is 0 Å². The van der Waals surface area contributed by atoms with Crippen LogP contribution in [0.15, 0.2) is 54.9 Å². The van der Waals surface area contributed by atoms with Gasteiger partial charge in [0.15, 0.2) is 0 Å². The van der Waals surface area contributed by atoms with Gasteiger partial charge < -0.3 is 10.2 Å². The summed E-state index contributed by atoms with van der Waals surface area (Å²) in [5, 5.41) is 9.98. The molecule has 4 aromatic rings. The van der Waals surface area contributed by atoms with Crippen LogP contribution in [0, 0.1) is 0 Å². The second kappa shape index (κ2) is 8.34. The largest absolute Gasteiger partial charge is 0.351 e. The van der Waals surface area contributed by atoms with Gasteiger partial charge in [0.05, 0.1) is 23.5 Å². The summed E-state index contributed by atoms with van der Waals surface area (Å²) in [5.74, 6) is -0.277. The molecule has 0 aliphatic rings. The lowest BCUT2D eigenvalue weighted by Gasteiger charge is -2.15. The van der Waals surface area contributed by atoms with E-state index in [1.54, 1.807) is 29.9 Å². The summed E-state index contributed by atoms with van der Waals surface area (Å²) >= 11 is 0. The highest BCUT2D eigenvalue weighted by molar-refractivity contribution is 6.11. The Bertz CT molecular complexity index is 1250. The fourth-order valence-corrected chi connectivity index (χ4v) is 3.21. The molecule has 10 heteroatoms. The molecule has 2 amide bonds. The van der Waals surface area contributed by atoms with E-state index in [1.165, 1.54) is 22.8 Å². The smallest absolute Gasteiger partial charge is 0.339 e. The second-order valence-corrected chi connectivity index (χ2v) is 6.98. The van der Waals surface area contributed by atoms with E-state index in [0.29, 0.717) is 17.2 Å². The van der Waals surface area contributed by atoms with Crippen LogP contribution >= 0.6 is 0 Å². The number of nitrogens with zero attached hydrogens (tertiary/aromatic N) is 5. The van der Waals surface area contributed by atoms with Gasteiger partial charge in [-0.1, -0.05) is 18.2 Å². The summed E-state index contributed by atoms with van der Waals surface area (Å²) in [4.78, 5) is 31.2. The Morgan fingerprint density at radius 2 is 2.03 bits per heavy atom. The van der Waals surface area contributed by atoms with Crippen molar-refractivity contribution in [2.75, 3.05) is 25.6 Å². The molecule has 0 atom stereocenters. The number of anilines is 1. The van der Waals surface area contributed by atoms with Crippen LogP contribution in [0.1, 0.15) is 20.8 Å². The van der Waals surface area contributed by atoms with Crippen molar-refractivity contribution >= 4 is 23.1 Å². The van der Waals surface area contributed by atoms with Gasteiger partial charge in [0, 0.05) is 32.3 Å². The van der Waals surface area contributed by atoms with E-state index >= 15 is 0 Å². The van der Waals surface area contributed by atoms with Crippen molar-refractivity contribution in [2.45, 2.75) is 0 Å². The van der Waals surface area contributed by atoms with Crippen LogP contribution in [0.4, 0.5) is 10.1 Å². The Morgan fingerprint density at radius 1 is 1.26 bits per heavy atom. The Kier molecular flexibility index (Phi) is 5.44. The predicted molar refractivity (Wildman–Crippen MR) is 111 cm³/mol. The Morgan fingerprint density at radius 3 is 2.77 bits per heavy atom. The number of rotatable bonds is 6. The lowest BCUT2D eigenvalue weighted by molar-refractivity contribution is -0.576. The van der Waals surface area contributed by atoms with Crippen LogP contribution < -0.4 is 9.83 Å². The van der Waals surface area contributed by atoms with Crippen molar-refractivity contribution in [1.82, 2.24) is 24.8 Å². The minimum Gasteiger partial charge on any atom is -0.339 e. The average Bonchev–Trinajstić information content (AvgIpc) is 3.37. The van der Waals surface area contributed by atoms with Crippen LogP contribution in [0.5, 0.6) is 0 Å². The number of benzene rings is 1. The SMILES string of the molecule is CN(CCF)C(=O)c1cnn(C)c1C(=O)Nc1cc[n+]2[nH]c(-c3ccccc3)nc2c1. The molecule has 0 bridgehead atoms. The van der Waals surface area contributed by atoms with E-state index in [9.17, 15) is 14.0 Å². The van der Waals surface area contributed by atoms with Gasteiger partial charge >= 0.3 is 5.65 Å². The number of halogens is 1. The van der Waals surface area contributed by atoms with Crippen molar-refractivity contribution in [3.8, 4) is 11.4 Å². The standard InChI is InChI=1S/C21H20FN7O2/c1-27(11-9-22)21(31)16-13-23-28(2)18(16)20(30)24-15-8-10-29-17(12-15)25-19(26-29)14-6-4-3-5-7-14/h3-8,10,12-13H,9,11H2,1-2H3,(H,24,25,26,30)/p+1. The van der Waals surface area contributed by atoms with Crippen molar-refractivity contribution in [2.24, 2.45) is 7.05 Å². The minimum atomic E-state index is -0.670. The number of aromatic amines is 1. The molecule has 1 aromatic carbocycles. The normalized spacial score (nSPS) is 10.9. The van der Waals surface area contributed by atoms with Gasteiger partial charge in [0.2, 0.25) is 0 Å². The molecule has 0 radical (unpaired) electrons. The quantitative estimate of drug-likeness (QED) is 0.463. The molecular weight excluding hydrogens is 401 g/mol.